The second kappa shape index (κ2) is 5.15. The molecule has 1 heterocycles. The molecular weight excluding hydrogens is 210 g/mol. The van der Waals surface area contributed by atoms with E-state index in [4.69, 9.17) is 0 Å². The van der Waals surface area contributed by atoms with Crippen molar-refractivity contribution in [2.75, 3.05) is 13.6 Å². The van der Waals surface area contributed by atoms with E-state index in [1.165, 1.54) is 22.4 Å². The molecular formula is C14H19N3. The van der Waals surface area contributed by atoms with Crippen LogP contribution in [0, 0.1) is 13.8 Å². The highest BCUT2D eigenvalue weighted by Gasteiger charge is 2.06. The van der Waals surface area contributed by atoms with Crippen LogP contribution in [0.2, 0.25) is 0 Å². The minimum Gasteiger partial charge on any atom is -0.319 e. The van der Waals surface area contributed by atoms with Crippen molar-refractivity contribution in [2.45, 2.75) is 20.3 Å². The van der Waals surface area contributed by atoms with Crippen LogP contribution < -0.4 is 5.32 Å². The normalized spacial score (nSPS) is 10.8. The molecule has 1 aromatic carbocycles. The van der Waals surface area contributed by atoms with Gasteiger partial charge in [0, 0.05) is 24.2 Å². The number of nitrogens with zero attached hydrogens (tertiary/aromatic N) is 1. The SMILES string of the molecule is CNCCc1cc(-c2ccc(C)cc2C)n[nH]1. The van der Waals surface area contributed by atoms with E-state index >= 15 is 0 Å². The van der Waals surface area contributed by atoms with Crippen LogP contribution in [0.25, 0.3) is 11.3 Å². The summed E-state index contributed by atoms with van der Waals surface area (Å²) in [5.74, 6) is 0. The molecule has 90 valence electrons. The topological polar surface area (TPSA) is 40.7 Å². The lowest BCUT2D eigenvalue weighted by Gasteiger charge is -2.02. The van der Waals surface area contributed by atoms with Crippen molar-refractivity contribution in [1.82, 2.24) is 15.5 Å². The lowest BCUT2D eigenvalue weighted by atomic mass is 10.0. The predicted octanol–water partition coefficient (Wildman–Crippen LogP) is 2.46. The Morgan fingerprint density at radius 2 is 2.06 bits per heavy atom. The Bertz CT molecular complexity index is 500. The van der Waals surface area contributed by atoms with Gasteiger partial charge in [0.1, 0.15) is 0 Å². The van der Waals surface area contributed by atoms with Crippen molar-refractivity contribution in [3.8, 4) is 11.3 Å². The third-order valence-electron chi connectivity index (χ3n) is 2.93. The number of benzene rings is 1. The van der Waals surface area contributed by atoms with Gasteiger partial charge in [0.2, 0.25) is 0 Å². The first-order chi connectivity index (χ1) is 8.20. The second-order valence-electron chi connectivity index (χ2n) is 4.45. The van der Waals surface area contributed by atoms with E-state index < -0.39 is 0 Å². The van der Waals surface area contributed by atoms with Crippen molar-refractivity contribution < 1.29 is 0 Å². The fourth-order valence-electron chi connectivity index (χ4n) is 1.99. The van der Waals surface area contributed by atoms with Gasteiger partial charge < -0.3 is 5.32 Å². The fourth-order valence-corrected chi connectivity index (χ4v) is 1.99. The molecule has 0 bridgehead atoms. The Morgan fingerprint density at radius 3 is 2.76 bits per heavy atom. The van der Waals surface area contributed by atoms with Gasteiger partial charge >= 0.3 is 0 Å². The zero-order valence-corrected chi connectivity index (χ0v) is 10.7. The van der Waals surface area contributed by atoms with Gasteiger partial charge in [-0.25, -0.2) is 0 Å². The molecule has 0 saturated heterocycles. The van der Waals surface area contributed by atoms with E-state index in [1.54, 1.807) is 0 Å². The molecule has 0 fully saturated rings. The third kappa shape index (κ3) is 2.74. The molecule has 1 aromatic heterocycles. The number of rotatable bonds is 4. The molecule has 0 unspecified atom stereocenters. The summed E-state index contributed by atoms with van der Waals surface area (Å²) < 4.78 is 0. The Kier molecular flexibility index (Phi) is 3.59. The zero-order valence-electron chi connectivity index (χ0n) is 10.7. The molecule has 2 N–H and O–H groups in total. The first-order valence-electron chi connectivity index (χ1n) is 5.97. The summed E-state index contributed by atoms with van der Waals surface area (Å²) in [6, 6.07) is 8.60. The van der Waals surface area contributed by atoms with Crippen molar-refractivity contribution in [3.63, 3.8) is 0 Å². The zero-order chi connectivity index (χ0) is 12.3. The van der Waals surface area contributed by atoms with Crippen molar-refractivity contribution in [2.24, 2.45) is 0 Å². The molecule has 0 aliphatic rings. The summed E-state index contributed by atoms with van der Waals surface area (Å²) in [6.45, 7) is 5.21. The molecule has 0 spiro atoms. The maximum absolute atomic E-state index is 4.38. The molecule has 0 atom stereocenters. The quantitative estimate of drug-likeness (QED) is 0.845. The standard InChI is InChI=1S/C14H19N3/c1-10-4-5-13(11(2)8-10)14-9-12(16-17-14)6-7-15-3/h4-5,8-9,15H,6-7H2,1-3H3,(H,16,17). The highest BCUT2D eigenvalue weighted by Crippen LogP contribution is 2.22. The number of aromatic amines is 1. The van der Waals surface area contributed by atoms with Crippen LogP contribution in [0.3, 0.4) is 0 Å². The lowest BCUT2D eigenvalue weighted by molar-refractivity contribution is 0.772. The van der Waals surface area contributed by atoms with Crippen LogP contribution >= 0.6 is 0 Å². The predicted molar refractivity (Wildman–Crippen MR) is 71.1 cm³/mol. The molecule has 0 saturated carbocycles. The Balaban J connectivity index is 2.24. The van der Waals surface area contributed by atoms with E-state index in [0.717, 1.165) is 18.7 Å². The maximum Gasteiger partial charge on any atom is 0.0926 e. The summed E-state index contributed by atoms with van der Waals surface area (Å²) in [5, 5.41) is 10.6. The van der Waals surface area contributed by atoms with Gasteiger partial charge in [0.15, 0.2) is 0 Å². The third-order valence-corrected chi connectivity index (χ3v) is 2.93. The molecule has 3 nitrogen and oxygen atoms in total. The van der Waals surface area contributed by atoms with E-state index in [9.17, 15) is 0 Å². The van der Waals surface area contributed by atoms with Gasteiger partial charge in [-0.1, -0.05) is 23.8 Å². The number of aryl methyl sites for hydroxylation is 2. The largest absolute Gasteiger partial charge is 0.319 e. The Labute approximate surface area is 102 Å². The first kappa shape index (κ1) is 11.9. The minimum atomic E-state index is 0.967. The van der Waals surface area contributed by atoms with Gasteiger partial charge in [-0.05, 0) is 32.5 Å². The average molecular weight is 229 g/mol. The van der Waals surface area contributed by atoms with E-state index in [1.807, 2.05) is 7.05 Å². The van der Waals surface area contributed by atoms with Crippen LogP contribution in [0.5, 0.6) is 0 Å². The van der Waals surface area contributed by atoms with Gasteiger partial charge in [0.25, 0.3) is 0 Å². The molecule has 2 aromatic rings. The fraction of sp³-hybridized carbons (Fsp3) is 0.357. The number of hydrogen-bond donors (Lipinski definition) is 2. The smallest absolute Gasteiger partial charge is 0.0926 e. The lowest BCUT2D eigenvalue weighted by Crippen LogP contribution is -2.10. The highest BCUT2D eigenvalue weighted by molar-refractivity contribution is 5.64. The summed E-state index contributed by atoms with van der Waals surface area (Å²) in [6.07, 6.45) is 0.981. The van der Waals surface area contributed by atoms with E-state index in [0.29, 0.717) is 0 Å². The molecule has 2 rings (SSSR count). The number of nitrogens with one attached hydrogen (secondary N) is 2. The average Bonchev–Trinajstić information content (AvgIpc) is 2.75. The van der Waals surface area contributed by atoms with Crippen LogP contribution in [0.4, 0.5) is 0 Å². The Morgan fingerprint density at radius 1 is 1.24 bits per heavy atom. The molecule has 0 radical (unpaired) electrons. The van der Waals surface area contributed by atoms with Crippen LogP contribution in [-0.2, 0) is 6.42 Å². The first-order valence-corrected chi connectivity index (χ1v) is 5.97. The molecule has 3 heteroatoms. The molecule has 0 amide bonds. The second-order valence-corrected chi connectivity index (χ2v) is 4.45. The summed E-state index contributed by atoms with van der Waals surface area (Å²) >= 11 is 0. The summed E-state index contributed by atoms with van der Waals surface area (Å²) in [5.41, 5.74) is 5.99. The monoisotopic (exact) mass is 229 g/mol. The molecule has 0 aliphatic heterocycles. The van der Waals surface area contributed by atoms with Crippen LogP contribution in [-0.4, -0.2) is 23.8 Å². The number of H-pyrrole nitrogens is 1. The van der Waals surface area contributed by atoms with Crippen molar-refractivity contribution in [1.29, 1.82) is 0 Å². The van der Waals surface area contributed by atoms with Crippen LogP contribution in [0.15, 0.2) is 24.3 Å². The number of aromatic nitrogens is 2. The van der Waals surface area contributed by atoms with Gasteiger partial charge in [0.05, 0.1) is 5.69 Å². The summed E-state index contributed by atoms with van der Waals surface area (Å²) in [7, 11) is 1.96. The van der Waals surface area contributed by atoms with E-state index in [2.05, 4.69) is 53.6 Å². The van der Waals surface area contributed by atoms with Gasteiger partial charge in [-0.3, -0.25) is 5.10 Å². The van der Waals surface area contributed by atoms with Gasteiger partial charge in [-0.2, -0.15) is 5.10 Å². The number of hydrogen-bond acceptors (Lipinski definition) is 2. The molecule has 0 aliphatic carbocycles. The van der Waals surface area contributed by atoms with Crippen LogP contribution in [0.1, 0.15) is 16.8 Å². The highest BCUT2D eigenvalue weighted by atomic mass is 15.1. The van der Waals surface area contributed by atoms with Gasteiger partial charge in [-0.15, -0.1) is 0 Å². The van der Waals surface area contributed by atoms with E-state index in [-0.39, 0.29) is 0 Å². The Hall–Kier alpha value is -1.61. The van der Waals surface area contributed by atoms with Crippen molar-refractivity contribution in [3.05, 3.63) is 41.1 Å². The van der Waals surface area contributed by atoms with Crippen molar-refractivity contribution >= 4 is 0 Å². The molecule has 17 heavy (non-hydrogen) atoms. The minimum absolute atomic E-state index is 0.967. The number of likely N-dealkylation sites (N-methyl/N-ethyl adjacent to an activating group) is 1. The summed E-state index contributed by atoms with van der Waals surface area (Å²) in [4.78, 5) is 0. The maximum atomic E-state index is 4.38.